The lowest BCUT2D eigenvalue weighted by molar-refractivity contribution is 0.0660. The lowest BCUT2D eigenvalue weighted by atomic mass is 9.81. The number of aromatic carboxylic acids is 1. The molecule has 1 aliphatic heterocycles. The zero-order chi connectivity index (χ0) is 22.6. The molecule has 1 saturated heterocycles. The maximum Gasteiger partial charge on any atom is 0.343 e. The van der Waals surface area contributed by atoms with Crippen molar-refractivity contribution in [2.24, 2.45) is 0 Å². The molecular weight excluding hydrogens is 408 g/mol. The van der Waals surface area contributed by atoms with Gasteiger partial charge in [0.15, 0.2) is 5.78 Å². The van der Waals surface area contributed by atoms with Crippen LogP contribution in [0.4, 0.5) is 0 Å². The summed E-state index contributed by atoms with van der Waals surface area (Å²) >= 11 is 0. The minimum absolute atomic E-state index is 0.0148. The lowest BCUT2D eigenvalue weighted by Gasteiger charge is -2.32. The third kappa shape index (κ3) is 3.08. The number of carboxylic acids is 1. The summed E-state index contributed by atoms with van der Waals surface area (Å²) in [6.45, 7) is 2.25. The van der Waals surface area contributed by atoms with Crippen molar-refractivity contribution in [2.45, 2.75) is 0 Å². The summed E-state index contributed by atoms with van der Waals surface area (Å²) < 4.78 is 0. The number of hydrogen-bond acceptors (Lipinski definition) is 8. The van der Waals surface area contributed by atoms with E-state index in [-0.39, 0.29) is 11.1 Å². The van der Waals surface area contributed by atoms with E-state index in [1.54, 1.807) is 4.90 Å². The van der Waals surface area contributed by atoms with Crippen LogP contribution in [-0.4, -0.2) is 86.9 Å². The number of hydrogen-bond donors (Lipinski definition) is 4. The van der Waals surface area contributed by atoms with Crippen molar-refractivity contribution in [3.63, 3.8) is 0 Å². The molecule has 2 aromatic carbocycles. The predicted molar refractivity (Wildman–Crippen MR) is 105 cm³/mol. The van der Waals surface area contributed by atoms with Gasteiger partial charge in [0, 0.05) is 42.9 Å². The number of phenolic OH excluding ortho intramolecular Hbond substituents is 1. The molecule has 0 saturated carbocycles. The second-order valence-corrected chi connectivity index (χ2v) is 7.52. The van der Waals surface area contributed by atoms with Crippen LogP contribution in [0.15, 0.2) is 18.2 Å². The number of benzene rings is 2. The second-order valence-electron chi connectivity index (χ2n) is 7.52. The third-order valence-electron chi connectivity index (χ3n) is 5.59. The van der Waals surface area contributed by atoms with Gasteiger partial charge < -0.3 is 30.2 Å². The molecule has 4 N–H and O–H groups in total. The maximum atomic E-state index is 13.0. The summed E-state index contributed by atoms with van der Waals surface area (Å²) in [6, 6.07) is 3.05. The van der Waals surface area contributed by atoms with E-state index in [9.17, 15) is 39.6 Å². The molecule has 1 fully saturated rings. The Morgan fingerprint density at radius 2 is 1.45 bits per heavy atom. The lowest BCUT2D eigenvalue weighted by Crippen LogP contribution is -2.47. The zero-order valence-electron chi connectivity index (χ0n) is 16.4. The number of rotatable bonds is 2. The fraction of sp³-hybridized carbons (Fsp3) is 0.238. The summed E-state index contributed by atoms with van der Waals surface area (Å²) in [4.78, 5) is 53.8. The molecule has 0 spiro atoms. The number of amides is 1. The van der Waals surface area contributed by atoms with Crippen molar-refractivity contribution in [1.29, 1.82) is 0 Å². The molecule has 1 amide bonds. The largest absolute Gasteiger partial charge is 0.507 e. The highest BCUT2D eigenvalue weighted by Crippen LogP contribution is 2.42. The molecule has 10 heteroatoms. The quantitative estimate of drug-likeness (QED) is 0.462. The number of carboxylic acid groups (broad SMARTS) is 1. The first kappa shape index (κ1) is 20.4. The number of likely N-dealkylation sites (N-methyl/N-ethyl adjacent to an activating group) is 1. The first-order valence-corrected chi connectivity index (χ1v) is 9.38. The molecule has 160 valence electrons. The molecule has 10 nitrogen and oxygen atoms in total. The molecule has 4 rings (SSSR count). The number of carbonyl (C=O) groups is 4. The van der Waals surface area contributed by atoms with Crippen molar-refractivity contribution in [2.75, 3.05) is 33.2 Å². The predicted octanol–water partition coefficient (Wildman–Crippen LogP) is 0.665. The molecule has 0 aromatic heterocycles. The van der Waals surface area contributed by atoms with E-state index >= 15 is 0 Å². The van der Waals surface area contributed by atoms with Crippen LogP contribution in [0, 0.1) is 0 Å². The Morgan fingerprint density at radius 3 is 2.06 bits per heavy atom. The van der Waals surface area contributed by atoms with Crippen molar-refractivity contribution >= 4 is 23.4 Å². The number of aromatic hydroxyl groups is 3. The molecule has 0 atom stereocenters. The number of phenols is 3. The first-order valence-electron chi connectivity index (χ1n) is 9.38. The van der Waals surface area contributed by atoms with E-state index < -0.39 is 62.9 Å². The average Bonchev–Trinajstić information content (AvgIpc) is 2.70. The molecule has 0 unspecified atom stereocenters. The van der Waals surface area contributed by atoms with Gasteiger partial charge in [-0.2, -0.15) is 0 Å². The summed E-state index contributed by atoms with van der Waals surface area (Å²) in [5, 5.41) is 39.8. The standard InChI is InChI=1S/C21H18N2O8/c1-22-2-4-23(5-3-22)20(29)9-6-10-14(12(24)7-9)18(27)15-11(17(10)26)8-13(25)16(19(15)28)21(30)31/h6-8,24-25,28H,2-5H2,1H3,(H,30,31). The van der Waals surface area contributed by atoms with Crippen molar-refractivity contribution in [3.05, 3.63) is 51.6 Å². The Morgan fingerprint density at radius 1 is 0.839 bits per heavy atom. The van der Waals surface area contributed by atoms with E-state index in [0.717, 1.165) is 12.1 Å². The van der Waals surface area contributed by atoms with Crippen LogP contribution in [0.5, 0.6) is 17.2 Å². The molecule has 1 heterocycles. The van der Waals surface area contributed by atoms with Gasteiger partial charge in [-0.1, -0.05) is 0 Å². The van der Waals surface area contributed by atoms with Crippen LogP contribution in [0.2, 0.25) is 0 Å². The molecule has 2 aliphatic rings. The Labute approximate surface area is 175 Å². The molecule has 0 radical (unpaired) electrons. The average molecular weight is 426 g/mol. The Kier molecular flexibility index (Phi) is 4.66. The van der Waals surface area contributed by atoms with Crippen LogP contribution in [-0.2, 0) is 0 Å². The van der Waals surface area contributed by atoms with E-state index in [1.165, 1.54) is 6.07 Å². The van der Waals surface area contributed by atoms with Gasteiger partial charge in [0.2, 0.25) is 5.78 Å². The van der Waals surface area contributed by atoms with E-state index in [1.807, 2.05) is 7.05 Å². The van der Waals surface area contributed by atoms with Gasteiger partial charge in [0.05, 0.1) is 11.1 Å². The third-order valence-corrected chi connectivity index (χ3v) is 5.59. The van der Waals surface area contributed by atoms with Gasteiger partial charge in [-0.15, -0.1) is 0 Å². The fourth-order valence-electron chi connectivity index (χ4n) is 3.90. The monoisotopic (exact) mass is 426 g/mol. The molecule has 2 aromatic rings. The van der Waals surface area contributed by atoms with Crippen LogP contribution < -0.4 is 0 Å². The normalized spacial score (nSPS) is 16.1. The van der Waals surface area contributed by atoms with E-state index in [2.05, 4.69) is 4.90 Å². The highest BCUT2D eigenvalue weighted by atomic mass is 16.4. The minimum atomic E-state index is -1.69. The van der Waals surface area contributed by atoms with Crippen LogP contribution >= 0.6 is 0 Å². The van der Waals surface area contributed by atoms with Crippen molar-refractivity contribution in [1.82, 2.24) is 9.80 Å². The summed E-state index contributed by atoms with van der Waals surface area (Å²) in [6.07, 6.45) is 0. The number of nitrogens with zero attached hydrogens (tertiary/aromatic N) is 2. The Balaban J connectivity index is 1.82. The highest BCUT2D eigenvalue weighted by Gasteiger charge is 2.38. The highest BCUT2D eigenvalue weighted by molar-refractivity contribution is 6.31. The van der Waals surface area contributed by atoms with Gasteiger partial charge in [0.1, 0.15) is 22.8 Å². The van der Waals surface area contributed by atoms with E-state index in [4.69, 9.17) is 0 Å². The number of fused-ring (bicyclic) bond motifs is 2. The Bertz CT molecular complexity index is 1180. The van der Waals surface area contributed by atoms with Crippen LogP contribution in [0.3, 0.4) is 0 Å². The second kappa shape index (κ2) is 7.10. The van der Waals surface area contributed by atoms with E-state index in [0.29, 0.717) is 26.2 Å². The Hall–Kier alpha value is -3.92. The first-order chi connectivity index (χ1) is 14.6. The van der Waals surface area contributed by atoms with Gasteiger partial charge >= 0.3 is 5.97 Å². The number of carbonyl (C=O) groups excluding carboxylic acids is 3. The van der Waals surface area contributed by atoms with Gasteiger partial charge in [-0.25, -0.2) is 4.79 Å². The van der Waals surface area contributed by atoms with Gasteiger partial charge in [0.25, 0.3) is 5.91 Å². The summed E-state index contributed by atoms with van der Waals surface area (Å²) in [5.74, 6) is -6.52. The number of ketones is 2. The van der Waals surface area contributed by atoms with Gasteiger partial charge in [-0.3, -0.25) is 14.4 Å². The van der Waals surface area contributed by atoms with Crippen LogP contribution in [0.25, 0.3) is 0 Å². The van der Waals surface area contributed by atoms with Crippen LogP contribution in [0.1, 0.15) is 52.6 Å². The van der Waals surface area contributed by atoms with Crippen molar-refractivity contribution in [3.8, 4) is 17.2 Å². The fourth-order valence-corrected chi connectivity index (χ4v) is 3.90. The SMILES string of the molecule is CN1CCN(C(=O)c2cc(O)c3c(c2)C(=O)c2cc(O)c(C(=O)O)c(O)c2C3=O)CC1. The topological polar surface area (TPSA) is 156 Å². The smallest absolute Gasteiger partial charge is 0.343 e. The van der Waals surface area contributed by atoms with Crippen molar-refractivity contribution < 1.29 is 39.6 Å². The summed E-state index contributed by atoms with van der Waals surface area (Å²) in [7, 11) is 1.93. The summed E-state index contributed by atoms with van der Waals surface area (Å²) in [5.41, 5.74) is -2.66. The molecule has 31 heavy (non-hydrogen) atoms. The zero-order valence-corrected chi connectivity index (χ0v) is 16.4. The maximum absolute atomic E-state index is 13.0. The molecule has 0 bridgehead atoms. The molecular formula is C21H18N2O8. The number of piperazine rings is 1. The molecule has 1 aliphatic carbocycles. The van der Waals surface area contributed by atoms with Gasteiger partial charge in [-0.05, 0) is 25.2 Å². The minimum Gasteiger partial charge on any atom is -0.507 e.